The lowest BCUT2D eigenvalue weighted by Gasteiger charge is -2.41. The number of aryl methyl sites for hydroxylation is 6. The highest BCUT2D eigenvalue weighted by Crippen LogP contribution is 2.53. The van der Waals surface area contributed by atoms with E-state index in [2.05, 4.69) is 120 Å². The molecule has 5 aliphatic heterocycles. The van der Waals surface area contributed by atoms with Gasteiger partial charge in [0, 0.05) is 120 Å². The average molecular weight is 2030 g/mol. The number of aliphatic hydroxyl groups excluding tert-OH is 3. The fourth-order valence-electron chi connectivity index (χ4n) is 19.0. The van der Waals surface area contributed by atoms with Crippen LogP contribution in [0.15, 0.2) is 324 Å². The van der Waals surface area contributed by atoms with Gasteiger partial charge in [-0.2, -0.15) is 0 Å². The molecule has 36 nitrogen and oxygen atoms in total. The average Bonchev–Trinajstić information content (AvgIpc) is 0.783. The maximum absolute atomic E-state index is 13.7. The van der Waals surface area contributed by atoms with Crippen LogP contribution >= 0.6 is 0 Å². The van der Waals surface area contributed by atoms with Crippen LogP contribution in [-0.2, 0) is 64.0 Å². The van der Waals surface area contributed by atoms with Gasteiger partial charge in [0.25, 0.3) is 34.1 Å². The van der Waals surface area contributed by atoms with Crippen molar-refractivity contribution in [1.82, 2.24) is 73.1 Å². The van der Waals surface area contributed by atoms with E-state index < -0.39 is 100 Å². The minimum absolute atomic E-state index is 0.0401. The Kier molecular flexibility index (Phi) is 36.2. The summed E-state index contributed by atoms with van der Waals surface area (Å²) in [6.07, 6.45) is 20.3. The third-order valence-electron chi connectivity index (χ3n) is 27.0. The number of imide groups is 3. The number of nitrogens with zero attached hydrogens (tertiary/aromatic N) is 11. The third kappa shape index (κ3) is 24.9. The molecule has 0 spiro atoms. The summed E-state index contributed by atoms with van der Waals surface area (Å²) in [7, 11) is 1.61. The molecule has 0 saturated carbocycles. The zero-order valence-electron chi connectivity index (χ0n) is 84.2. The van der Waals surface area contributed by atoms with Gasteiger partial charge in [-0.1, -0.05) is 256 Å². The Bertz CT molecular complexity index is 7360. The Balaban J connectivity index is 0.000000146. The van der Waals surface area contributed by atoms with Crippen molar-refractivity contribution >= 4 is 17.7 Å². The molecule has 6 aromatic heterocycles. The summed E-state index contributed by atoms with van der Waals surface area (Å²) in [6, 6.07) is 71.7. The molecule has 19 rings (SSSR count). The number of methoxy groups -OCH3 is 1. The van der Waals surface area contributed by atoms with E-state index in [1.165, 1.54) is 32.2 Å². The summed E-state index contributed by atoms with van der Waals surface area (Å²) in [5, 5.41) is 47.2. The van der Waals surface area contributed by atoms with E-state index >= 15 is 0 Å². The molecule has 149 heavy (non-hydrogen) atoms. The second kappa shape index (κ2) is 50.2. The first kappa shape index (κ1) is 108. The quantitative estimate of drug-likeness (QED) is 0.00891. The SMILES string of the molecule is C/C=C\Cn1cc(C)c(=O)[nH]c1=O.CCCCc1cn([C@H]2C[C@H](n3cc(C)c(=O)[nH]c3=O)O[C@@H]2CO)nn1.COc1ccc(C2(OC[C@H]3O[C@@H](C4C=C(C)C(=O)N(C(=O)c5ccccc5)C4=O)C[C@@H]3O)c3ccccc3Oc3ccccc32)cc1.Cc1cn(CCCCCCCCOC(c2ccccc2)(c2ccccc2)c2ccccc2)c(=O)[nH]c1=O.Cc1cn([C@H]2C[C@H](n3nncc3-c3ccccc3)[C@@H](CO)O2)c(=O)[nH]c1=O. The van der Waals surface area contributed by atoms with Crippen molar-refractivity contribution in [2.24, 2.45) is 5.92 Å². The Labute approximate surface area is 857 Å². The van der Waals surface area contributed by atoms with E-state index in [1.807, 2.05) is 147 Å². The van der Waals surface area contributed by atoms with Crippen LogP contribution in [0.2, 0.25) is 0 Å². The Morgan fingerprint density at radius 3 is 1.56 bits per heavy atom. The lowest BCUT2D eigenvalue weighted by molar-refractivity contribution is -0.146. The molecule has 0 radical (unpaired) electrons. The second-order valence-electron chi connectivity index (χ2n) is 37.1. The number of benzene rings is 8. The smallest absolute Gasteiger partial charge is 0.330 e. The number of amides is 3. The van der Waals surface area contributed by atoms with Crippen molar-refractivity contribution < 1.29 is 62.9 Å². The van der Waals surface area contributed by atoms with E-state index in [4.69, 9.17) is 33.2 Å². The number of carbonyl (C=O) groups is 3. The first-order valence-electron chi connectivity index (χ1n) is 49.9. The van der Waals surface area contributed by atoms with Crippen molar-refractivity contribution in [3.05, 3.63) is 436 Å². The summed E-state index contributed by atoms with van der Waals surface area (Å²) >= 11 is 0. The van der Waals surface area contributed by atoms with Gasteiger partial charge in [-0.3, -0.25) is 67.2 Å². The number of H-pyrrole nitrogens is 4. The summed E-state index contributed by atoms with van der Waals surface area (Å²) < 4.78 is 52.7. The number of rotatable bonds is 32. The number of allylic oxidation sites excluding steroid dienone is 2. The number of hydrogen-bond acceptors (Lipinski definition) is 25. The van der Waals surface area contributed by atoms with Gasteiger partial charge in [-0.15, -0.1) is 10.2 Å². The Morgan fingerprint density at radius 2 is 1.02 bits per heavy atom. The number of hydrogen-bond donors (Lipinski definition) is 7. The first-order chi connectivity index (χ1) is 72.2. The van der Waals surface area contributed by atoms with Gasteiger partial charge in [-0.25, -0.2) is 33.4 Å². The predicted octanol–water partition coefficient (Wildman–Crippen LogP) is 12.9. The number of aliphatic hydroxyl groups is 3. The number of unbranched alkanes of at least 4 members (excludes halogenated alkanes) is 6. The minimum atomic E-state index is -1.14. The highest BCUT2D eigenvalue weighted by atomic mass is 16.6. The Morgan fingerprint density at radius 1 is 0.530 bits per heavy atom. The van der Waals surface area contributed by atoms with E-state index in [1.54, 1.807) is 105 Å². The van der Waals surface area contributed by atoms with Crippen LogP contribution in [0, 0.1) is 33.6 Å². The molecule has 7 N–H and O–H groups in total. The largest absolute Gasteiger partial charge is 0.497 e. The molecule has 8 aromatic carbocycles. The maximum Gasteiger partial charge on any atom is 0.330 e. The standard InChI is InChI=1S/C38H33NO8.C32H36N2O3.C18H19N5O4.C16H23N5O4.C9H12N2O2/c1-23-20-27(37(43)39(35(23)41)36(42)24-10-4-3-5-11-24)33-21-30(40)34(47-33)22-45-38(25-16-18-26(44-2)19-17-25)28-12-6-8-14-31(28)46-32-15-9-7-13-29(32)38;1-26-25-34(31(36)33-30(26)35)23-15-4-2-3-5-16-24-37-32(27-17-9-6-10-18-27,28-19-11-7-12-20-28)29-21-13-8-14-22-29;1-11-9-22(18(26)20-17(11)25)16-7-13(15(10-24)27-16)23-14(8-19-21-23)12-5-3-2-4-6-12;1-3-4-5-11-8-21(19-18-11)12-6-14(25-13(12)9-22)20-7-10(2)15(23)17-16(20)24;1-3-4-5-11-6-7(2)8(12)10-9(11)13/h3-20,27,30,33-34,40H,21-22H2,1-2H3;6-14,17-22,25H,2-5,15-16,23-24H2,1H3,(H,33,35,36);2-6,8-9,13,15-16,24H,7,10H2,1H3,(H,20,25,26);7-8,12-14,22H,3-6,9H2,1-2H3,(H,17,23,24);3-4,6H,5H2,1-2H3,(H,10,12,13)/b;;;;4-3-/t27?,30-,33+,34+;;13-,15+,16+;12-,13+,14+;/m0.00./s1. The molecule has 11 heterocycles. The van der Waals surface area contributed by atoms with Crippen molar-refractivity contribution in [2.45, 2.75) is 205 Å². The zero-order valence-corrected chi connectivity index (χ0v) is 84.2. The van der Waals surface area contributed by atoms with Gasteiger partial charge in [0.2, 0.25) is 5.91 Å². The molecular formula is C113H123N15O21. The molecule has 10 atom stereocenters. The van der Waals surface area contributed by atoms with Crippen LogP contribution in [0.3, 0.4) is 0 Å². The maximum atomic E-state index is 13.7. The van der Waals surface area contributed by atoms with Gasteiger partial charge in [0.15, 0.2) is 5.60 Å². The monoisotopic (exact) mass is 2030 g/mol. The van der Waals surface area contributed by atoms with Crippen molar-refractivity contribution in [2.75, 3.05) is 33.5 Å². The van der Waals surface area contributed by atoms with Crippen LogP contribution in [-0.4, -0.2) is 170 Å². The van der Waals surface area contributed by atoms with Gasteiger partial charge in [0.1, 0.15) is 53.6 Å². The van der Waals surface area contributed by atoms with E-state index in [9.17, 15) is 68.1 Å². The van der Waals surface area contributed by atoms with Crippen LogP contribution in [0.25, 0.3) is 11.3 Å². The number of ether oxygens (including phenoxy) is 7. The van der Waals surface area contributed by atoms with Crippen LogP contribution in [0.5, 0.6) is 17.2 Å². The summed E-state index contributed by atoms with van der Waals surface area (Å²) in [5.74, 6) is -1.04. The summed E-state index contributed by atoms with van der Waals surface area (Å²) in [6.45, 7) is 13.5. The number of aromatic nitrogens is 14. The molecule has 3 saturated heterocycles. The van der Waals surface area contributed by atoms with Crippen molar-refractivity contribution in [3.63, 3.8) is 0 Å². The number of aromatic amines is 4. The Hall–Kier alpha value is -15.7. The van der Waals surface area contributed by atoms with Crippen molar-refractivity contribution in [3.8, 4) is 28.5 Å². The van der Waals surface area contributed by atoms with Crippen LogP contribution in [0.1, 0.15) is 188 Å². The number of fused-ring (bicyclic) bond motifs is 2. The normalized spacial score (nSPS) is 19.0. The van der Waals surface area contributed by atoms with E-state index in [-0.39, 0.29) is 72.0 Å². The molecule has 1 unspecified atom stereocenters. The highest BCUT2D eigenvalue weighted by Gasteiger charge is 2.51. The van der Waals surface area contributed by atoms with Crippen LogP contribution in [0.4, 0.5) is 0 Å². The molecule has 3 fully saturated rings. The fraction of sp³-hybridized carbons (Fsp3) is 0.336. The molecule has 3 amide bonds. The lowest BCUT2D eigenvalue weighted by atomic mass is 9.77. The topological polar surface area (TPSA) is 461 Å². The summed E-state index contributed by atoms with van der Waals surface area (Å²) in [5.41, 5.74) is 5.80. The number of carbonyl (C=O) groups excluding carboxylic acids is 3. The molecule has 0 bridgehead atoms. The minimum Gasteiger partial charge on any atom is -0.497 e. The van der Waals surface area contributed by atoms with Crippen molar-refractivity contribution in [1.29, 1.82) is 0 Å². The molecule has 36 heteroatoms. The van der Waals surface area contributed by atoms with Gasteiger partial charge in [0.05, 0.1) is 74.7 Å². The molecular weight excluding hydrogens is 1900 g/mol. The highest BCUT2D eigenvalue weighted by molar-refractivity contribution is 6.22. The lowest BCUT2D eigenvalue weighted by Crippen LogP contribution is -2.50. The molecule has 776 valence electrons. The number of para-hydroxylation sites is 2. The van der Waals surface area contributed by atoms with Gasteiger partial charge in [-0.05, 0) is 126 Å². The third-order valence-corrected chi connectivity index (χ3v) is 27.0. The molecule has 5 aliphatic rings. The van der Waals surface area contributed by atoms with Crippen LogP contribution < -0.4 is 54.5 Å². The zero-order chi connectivity index (χ0) is 105. The molecule has 14 aromatic rings. The molecule has 0 aliphatic carbocycles. The van der Waals surface area contributed by atoms with Gasteiger partial charge < -0.3 is 53.0 Å². The number of nitrogens with one attached hydrogen (secondary N) is 4. The second-order valence-corrected chi connectivity index (χ2v) is 37.1. The van der Waals surface area contributed by atoms with Gasteiger partial charge >= 0.3 is 22.8 Å². The van der Waals surface area contributed by atoms with E-state index in [0.717, 1.165) is 108 Å². The first-order valence-corrected chi connectivity index (χ1v) is 49.9. The van der Waals surface area contributed by atoms with E-state index in [0.29, 0.717) is 76.9 Å². The fourth-order valence-corrected chi connectivity index (χ4v) is 19.0. The predicted molar refractivity (Wildman–Crippen MR) is 556 cm³/mol. The summed E-state index contributed by atoms with van der Waals surface area (Å²) in [4.78, 5) is 143.